The second kappa shape index (κ2) is 5.65. The predicted octanol–water partition coefficient (Wildman–Crippen LogP) is 2.22. The molecule has 1 unspecified atom stereocenters. The molecule has 0 radical (unpaired) electrons. The number of nitrogens with zero attached hydrogens (tertiary/aromatic N) is 1. The average molecular weight is 280 g/mol. The summed E-state index contributed by atoms with van der Waals surface area (Å²) in [4.78, 5) is 13.8. The Morgan fingerprint density at radius 2 is 2.32 bits per heavy atom. The molecule has 0 aromatic heterocycles. The van der Waals surface area contributed by atoms with Gasteiger partial charge in [-0.05, 0) is 24.1 Å². The molecule has 5 heteroatoms. The second-order valence-corrected chi connectivity index (χ2v) is 5.36. The molecule has 3 nitrogen and oxygen atoms in total. The molecule has 102 valence electrons. The van der Waals surface area contributed by atoms with Crippen molar-refractivity contribution in [2.24, 2.45) is 11.7 Å². The molecule has 1 fully saturated rings. The Bertz CT molecular complexity index is 518. The van der Waals surface area contributed by atoms with Gasteiger partial charge in [0.25, 0.3) is 0 Å². The first-order valence-corrected chi connectivity index (χ1v) is 6.78. The Labute approximate surface area is 117 Å². The summed E-state index contributed by atoms with van der Waals surface area (Å²) in [6.07, 6.45) is 1.53. The minimum Gasteiger partial charge on any atom is -0.389 e. The number of likely N-dealkylation sites (tertiary alicyclic amines) is 1. The highest BCUT2D eigenvalue weighted by atomic mass is 32.1. The van der Waals surface area contributed by atoms with Gasteiger partial charge in [0.15, 0.2) is 0 Å². The van der Waals surface area contributed by atoms with Crippen molar-refractivity contribution in [3.8, 4) is 0 Å². The first-order valence-electron chi connectivity index (χ1n) is 6.37. The molecule has 19 heavy (non-hydrogen) atoms. The maximum atomic E-state index is 13.8. The van der Waals surface area contributed by atoms with Crippen LogP contribution in [0, 0.1) is 11.7 Å². The minimum atomic E-state index is -0.326. The van der Waals surface area contributed by atoms with Gasteiger partial charge in [-0.15, -0.1) is 0 Å². The molecular weight excluding hydrogens is 263 g/mol. The van der Waals surface area contributed by atoms with Crippen LogP contribution in [0.2, 0.25) is 0 Å². The van der Waals surface area contributed by atoms with E-state index in [-0.39, 0.29) is 23.3 Å². The number of carbonyl (C=O) groups excluding carboxylic acids is 1. The lowest BCUT2D eigenvalue weighted by Crippen LogP contribution is -2.25. The molecule has 1 saturated heterocycles. The van der Waals surface area contributed by atoms with Gasteiger partial charge in [-0.1, -0.05) is 25.6 Å². The van der Waals surface area contributed by atoms with Crippen LogP contribution in [0.4, 0.5) is 4.39 Å². The zero-order valence-electron chi connectivity index (χ0n) is 10.9. The third-order valence-electron chi connectivity index (χ3n) is 3.56. The number of hydrogen-bond acceptors (Lipinski definition) is 2. The summed E-state index contributed by atoms with van der Waals surface area (Å²) >= 11 is 4.88. The van der Waals surface area contributed by atoms with Crippen LogP contribution in [0.15, 0.2) is 18.2 Å². The molecule has 2 N–H and O–H groups in total. The third-order valence-corrected chi connectivity index (χ3v) is 3.80. The number of halogens is 1. The number of carbonyl (C=O) groups is 1. The Morgan fingerprint density at radius 3 is 2.89 bits per heavy atom. The first-order chi connectivity index (χ1) is 9.01. The fourth-order valence-corrected chi connectivity index (χ4v) is 2.46. The molecule has 0 aliphatic carbocycles. The Hall–Kier alpha value is -1.49. The van der Waals surface area contributed by atoms with E-state index in [4.69, 9.17) is 18.0 Å². The van der Waals surface area contributed by atoms with Gasteiger partial charge in [0, 0.05) is 30.6 Å². The van der Waals surface area contributed by atoms with Crippen LogP contribution >= 0.6 is 12.2 Å². The summed E-state index contributed by atoms with van der Waals surface area (Å²) < 4.78 is 13.8. The van der Waals surface area contributed by atoms with Gasteiger partial charge in [-0.25, -0.2) is 4.39 Å². The number of rotatable bonds is 4. The number of benzene rings is 1. The highest BCUT2D eigenvalue weighted by Gasteiger charge is 2.28. The van der Waals surface area contributed by atoms with Gasteiger partial charge in [0.05, 0.1) is 0 Å². The lowest BCUT2D eigenvalue weighted by molar-refractivity contribution is -0.128. The van der Waals surface area contributed by atoms with E-state index in [1.165, 1.54) is 6.07 Å². The van der Waals surface area contributed by atoms with Crippen LogP contribution in [-0.4, -0.2) is 22.3 Å². The SMILES string of the molecule is CCC1CC(=O)N(Cc2cc(C(N)=S)ccc2F)C1. The quantitative estimate of drug-likeness (QED) is 0.860. The molecule has 1 aromatic carbocycles. The maximum Gasteiger partial charge on any atom is 0.223 e. The highest BCUT2D eigenvalue weighted by molar-refractivity contribution is 7.80. The fraction of sp³-hybridized carbons (Fsp3) is 0.429. The molecule has 0 bridgehead atoms. The smallest absolute Gasteiger partial charge is 0.223 e. The van der Waals surface area contributed by atoms with E-state index in [0.717, 1.165) is 6.42 Å². The zero-order valence-corrected chi connectivity index (χ0v) is 11.7. The van der Waals surface area contributed by atoms with E-state index in [1.54, 1.807) is 17.0 Å². The van der Waals surface area contributed by atoms with Gasteiger partial charge in [-0.3, -0.25) is 4.79 Å². The summed E-state index contributed by atoms with van der Waals surface area (Å²) in [5.41, 5.74) is 6.64. The summed E-state index contributed by atoms with van der Waals surface area (Å²) in [5, 5.41) is 0. The average Bonchev–Trinajstić information content (AvgIpc) is 2.72. The lowest BCUT2D eigenvalue weighted by Gasteiger charge is -2.17. The van der Waals surface area contributed by atoms with E-state index in [9.17, 15) is 9.18 Å². The Morgan fingerprint density at radius 1 is 1.58 bits per heavy atom. The number of amides is 1. The van der Waals surface area contributed by atoms with E-state index in [1.807, 2.05) is 0 Å². The largest absolute Gasteiger partial charge is 0.389 e. The third kappa shape index (κ3) is 3.10. The molecule has 1 atom stereocenters. The highest BCUT2D eigenvalue weighted by Crippen LogP contribution is 2.23. The number of nitrogens with two attached hydrogens (primary N) is 1. The normalized spacial score (nSPS) is 18.9. The summed E-state index contributed by atoms with van der Waals surface area (Å²) in [5.74, 6) is 0.147. The molecule has 2 rings (SSSR count). The molecule has 1 heterocycles. The van der Waals surface area contributed by atoms with Crippen LogP contribution in [0.3, 0.4) is 0 Å². The molecule has 1 aromatic rings. The van der Waals surface area contributed by atoms with Crippen LogP contribution in [0.1, 0.15) is 30.9 Å². The van der Waals surface area contributed by atoms with Crippen LogP contribution in [0.5, 0.6) is 0 Å². The lowest BCUT2D eigenvalue weighted by atomic mass is 10.1. The fourth-order valence-electron chi connectivity index (χ4n) is 2.34. The van der Waals surface area contributed by atoms with Crippen molar-refractivity contribution in [1.29, 1.82) is 0 Å². The van der Waals surface area contributed by atoms with Crippen molar-refractivity contribution in [3.63, 3.8) is 0 Å². The van der Waals surface area contributed by atoms with Gasteiger partial charge >= 0.3 is 0 Å². The molecule has 0 saturated carbocycles. The van der Waals surface area contributed by atoms with Crippen LogP contribution in [-0.2, 0) is 11.3 Å². The van der Waals surface area contributed by atoms with E-state index < -0.39 is 0 Å². The van der Waals surface area contributed by atoms with Gasteiger partial charge in [0.2, 0.25) is 5.91 Å². The van der Waals surface area contributed by atoms with Crippen LogP contribution in [0.25, 0.3) is 0 Å². The topological polar surface area (TPSA) is 46.3 Å². The second-order valence-electron chi connectivity index (χ2n) is 4.92. The van der Waals surface area contributed by atoms with Gasteiger partial charge in [-0.2, -0.15) is 0 Å². The van der Waals surface area contributed by atoms with E-state index in [0.29, 0.717) is 30.0 Å². The molecule has 1 aliphatic heterocycles. The molecule has 1 amide bonds. The van der Waals surface area contributed by atoms with Gasteiger partial charge < -0.3 is 10.6 Å². The summed E-state index contributed by atoms with van der Waals surface area (Å²) in [6.45, 7) is 3.05. The summed E-state index contributed by atoms with van der Waals surface area (Å²) in [6, 6.07) is 4.54. The first kappa shape index (κ1) is 13.9. The number of thiocarbonyl (C=S) groups is 1. The minimum absolute atomic E-state index is 0.0898. The van der Waals surface area contributed by atoms with Crippen molar-refractivity contribution in [2.75, 3.05) is 6.54 Å². The van der Waals surface area contributed by atoms with E-state index >= 15 is 0 Å². The van der Waals surface area contributed by atoms with Crippen molar-refractivity contribution < 1.29 is 9.18 Å². The zero-order chi connectivity index (χ0) is 14.0. The Kier molecular flexibility index (Phi) is 4.14. The molecule has 1 aliphatic rings. The molecule has 0 spiro atoms. The van der Waals surface area contributed by atoms with Crippen molar-refractivity contribution in [1.82, 2.24) is 4.90 Å². The Balaban J connectivity index is 2.17. The van der Waals surface area contributed by atoms with Crippen molar-refractivity contribution in [3.05, 3.63) is 35.1 Å². The van der Waals surface area contributed by atoms with E-state index in [2.05, 4.69) is 6.92 Å². The van der Waals surface area contributed by atoms with Crippen molar-refractivity contribution in [2.45, 2.75) is 26.3 Å². The van der Waals surface area contributed by atoms with Crippen molar-refractivity contribution >= 4 is 23.1 Å². The number of hydrogen-bond donors (Lipinski definition) is 1. The maximum absolute atomic E-state index is 13.8. The standard InChI is InChI=1S/C14H17FN2OS/c1-2-9-5-13(18)17(7-9)8-11-6-10(14(16)19)3-4-12(11)15/h3-4,6,9H,2,5,7-8H2,1H3,(H2,16,19). The molecular formula is C14H17FN2OS. The summed E-state index contributed by atoms with van der Waals surface area (Å²) in [7, 11) is 0. The van der Waals surface area contributed by atoms with Crippen LogP contribution < -0.4 is 5.73 Å². The predicted molar refractivity (Wildman–Crippen MR) is 76.1 cm³/mol. The van der Waals surface area contributed by atoms with Gasteiger partial charge in [0.1, 0.15) is 10.8 Å². The monoisotopic (exact) mass is 280 g/mol.